The number of carbonyl (C=O) groups is 1. The van der Waals surface area contributed by atoms with Crippen molar-refractivity contribution >= 4 is 32.4 Å². The molecule has 0 aliphatic carbocycles. The number of sulfonamides is 1. The quantitative estimate of drug-likeness (QED) is 0.740. The summed E-state index contributed by atoms with van der Waals surface area (Å²) in [5.74, 6) is 0.0865. The topological polar surface area (TPSA) is 120 Å². The summed E-state index contributed by atoms with van der Waals surface area (Å²) in [5, 5.41) is 10.3. The van der Waals surface area contributed by atoms with Crippen LogP contribution in [0.25, 0.3) is 0 Å². The van der Waals surface area contributed by atoms with Crippen molar-refractivity contribution in [2.45, 2.75) is 31.2 Å². The largest absolute Gasteiger partial charge is 0.490 e. The maximum Gasteiger partial charge on any atom is 0.244 e. The Morgan fingerprint density at radius 2 is 1.96 bits per heavy atom. The van der Waals surface area contributed by atoms with Crippen LogP contribution in [0.3, 0.4) is 0 Å². The van der Waals surface area contributed by atoms with Crippen LogP contribution in [-0.2, 0) is 14.8 Å². The molecule has 0 saturated carbocycles. The third-order valence-corrected chi connectivity index (χ3v) is 5.90. The van der Waals surface area contributed by atoms with E-state index >= 15 is 0 Å². The third-order valence-electron chi connectivity index (χ3n) is 3.85. The molecule has 1 aromatic carbocycles. The zero-order valence-corrected chi connectivity index (χ0v) is 16.5. The molecule has 11 heteroatoms. The van der Waals surface area contributed by atoms with Crippen LogP contribution >= 0.6 is 11.3 Å². The number of aromatic nitrogens is 2. The van der Waals surface area contributed by atoms with Crippen molar-refractivity contribution in [3.63, 3.8) is 0 Å². The normalized spacial score (nSPS) is 15.2. The highest BCUT2D eigenvalue weighted by Gasteiger charge is 2.29. The average Bonchev–Trinajstić information content (AvgIpc) is 3.01. The van der Waals surface area contributed by atoms with Crippen LogP contribution in [0, 0.1) is 5.92 Å². The molecular weight excluding hydrogens is 392 g/mol. The van der Waals surface area contributed by atoms with Crippen LogP contribution < -0.4 is 19.5 Å². The molecule has 1 amide bonds. The fraction of sp³-hybridized carbons (Fsp3) is 0.438. The molecule has 0 radical (unpaired) electrons. The first-order valence-corrected chi connectivity index (χ1v) is 10.7. The highest BCUT2D eigenvalue weighted by atomic mass is 32.2. The van der Waals surface area contributed by atoms with Crippen molar-refractivity contribution in [3.8, 4) is 11.5 Å². The lowest BCUT2D eigenvalue weighted by atomic mass is 10.1. The van der Waals surface area contributed by atoms with Gasteiger partial charge in [0.25, 0.3) is 0 Å². The summed E-state index contributed by atoms with van der Waals surface area (Å²) in [5.41, 5.74) is 1.47. The fourth-order valence-electron chi connectivity index (χ4n) is 2.45. The average molecular weight is 412 g/mol. The molecule has 0 fully saturated rings. The molecule has 3 rings (SSSR count). The molecule has 27 heavy (non-hydrogen) atoms. The van der Waals surface area contributed by atoms with E-state index in [2.05, 4.69) is 20.2 Å². The van der Waals surface area contributed by atoms with E-state index in [1.807, 2.05) is 0 Å². The third kappa shape index (κ3) is 4.73. The summed E-state index contributed by atoms with van der Waals surface area (Å²) in [6.45, 7) is 4.46. The van der Waals surface area contributed by atoms with Crippen LogP contribution in [0.5, 0.6) is 11.5 Å². The Kier molecular flexibility index (Phi) is 5.92. The lowest BCUT2D eigenvalue weighted by Gasteiger charge is -2.21. The molecular formula is C16H20N4O5S2. The van der Waals surface area contributed by atoms with Crippen molar-refractivity contribution in [2.24, 2.45) is 5.92 Å². The molecule has 1 aromatic heterocycles. The number of amides is 1. The van der Waals surface area contributed by atoms with E-state index in [-0.39, 0.29) is 10.8 Å². The lowest BCUT2D eigenvalue weighted by Crippen LogP contribution is -2.47. The predicted molar refractivity (Wildman–Crippen MR) is 99.5 cm³/mol. The van der Waals surface area contributed by atoms with Gasteiger partial charge in [0.15, 0.2) is 11.5 Å². The highest BCUT2D eigenvalue weighted by molar-refractivity contribution is 7.89. The molecule has 1 aliphatic heterocycles. The van der Waals surface area contributed by atoms with Crippen LogP contribution in [-0.4, -0.2) is 43.8 Å². The van der Waals surface area contributed by atoms with Crippen molar-refractivity contribution < 1.29 is 22.7 Å². The second kappa shape index (κ2) is 8.19. The van der Waals surface area contributed by atoms with Gasteiger partial charge in [-0.3, -0.25) is 10.1 Å². The Labute approximate surface area is 161 Å². The molecule has 1 unspecified atom stereocenters. The van der Waals surface area contributed by atoms with Crippen LogP contribution in [0.1, 0.15) is 20.3 Å². The molecule has 2 heterocycles. The summed E-state index contributed by atoms with van der Waals surface area (Å²) in [7, 11) is -3.95. The number of carbonyl (C=O) groups excluding carboxylic acids is 1. The van der Waals surface area contributed by atoms with Gasteiger partial charge in [0.2, 0.25) is 21.1 Å². The number of hydrogen-bond acceptors (Lipinski definition) is 8. The number of hydrogen-bond donors (Lipinski definition) is 2. The van der Waals surface area contributed by atoms with Gasteiger partial charge in [-0.15, -0.1) is 10.2 Å². The Balaban J connectivity index is 1.80. The summed E-state index contributed by atoms with van der Waals surface area (Å²) in [6.07, 6.45) is 0.718. The van der Waals surface area contributed by atoms with Gasteiger partial charge in [-0.05, 0) is 18.1 Å². The zero-order chi connectivity index (χ0) is 19.4. The Hall–Kier alpha value is -2.24. The smallest absolute Gasteiger partial charge is 0.244 e. The van der Waals surface area contributed by atoms with Crippen molar-refractivity contribution in [2.75, 3.05) is 18.5 Å². The van der Waals surface area contributed by atoms with E-state index in [0.29, 0.717) is 29.8 Å². The molecule has 2 aromatic rings. The van der Waals surface area contributed by atoms with Crippen LogP contribution in [0.15, 0.2) is 28.6 Å². The van der Waals surface area contributed by atoms with Gasteiger partial charge >= 0.3 is 0 Å². The minimum Gasteiger partial charge on any atom is -0.490 e. The maximum atomic E-state index is 12.8. The Morgan fingerprint density at radius 1 is 1.22 bits per heavy atom. The van der Waals surface area contributed by atoms with Gasteiger partial charge in [0.05, 0.1) is 18.1 Å². The highest BCUT2D eigenvalue weighted by Crippen LogP contribution is 2.32. The van der Waals surface area contributed by atoms with E-state index in [9.17, 15) is 13.2 Å². The van der Waals surface area contributed by atoms with Crippen molar-refractivity contribution in [1.82, 2.24) is 14.9 Å². The molecule has 0 spiro atoms. The number of benzene rings is 1. The monoisotopic (exact) mass is 412 g/mol. The summed E-state index contributed by atoms with van der Waals surface area (Å²) < 4.78 is 39.1. The Morgan fingerprint density at radius 3 is 2.63 bits per heavy atom. The molecule has 9 nitrogen and oxygen atoms in total. The first-order valence-electron chi connectivity index (χ1n) is 8.36. The minimum absolute atomic E-state index is 0.00103. The van der Waals surface area contributed by atoms with E-state index in [0.717, 1.165) is 17.8 Å². The lowest BCUT2D eigenvalue weighted by molar-refractivity contribution is -0.118. The SMILES string of the molecule is CC(C)C(NS(=O)(=O)c1ccc2c(c1)OCCCO2)C(=O)Nc1nncs1. The number of fused-ring (bicyclic) bond motifs is 1. The Bertz CT molecular complexity index is 900. The molecule has 1 aliphatic rings. The van der Waals surface area contributed by atoms with Crippen LogP contribution in [0.2, 0.25) is 0 Å². The molecule has 0 bridgehead atoms. The fourth-order valence-corrected chi connectivity index (χ4v) is 4.26. The number of nitrogens with zero attached hydrogens (tertiary/aromatic N) is 2. The van der Waals surface area contributed by atoms with E-state index in [1.165, 1.54) is 17.6 Å². The summed E-state index contributed by atoms with van der Waals surface area (Å²) in [4.78, 5) is 12.5. The summed E-state index contributed by atoms with van der Waals surface area (Å²) >= 11 is 1.15. The molecule has 0 saturated heterocycles. The second-order valence-electron chi connectivity index (χ2n) is 6.24. The number of rotatable bonds is 6. The number of anilines is 1. The first kappa shape index (κ1) is 19.5. The van der Waals surface area contributed by atoms with E-state index in [1.54, 1.807) is 19.9 Å². The maximum absolute atomic E-state index is 12.8. The summed E-state index contributed by atoms with van der Waals surface area (Å²) in [6, 6.07) is 3.41. The van der Waals surface area contributed by atoms with Gasteiger partial charge in [-0.25, -0.2) is 8.42 Å². The predicted octanol–water partition coefficient (Wildman–Crippen LogP) is 1.64. The van der Waals surface area contributed by atoms with Crippen LogP contribution in [0.4, 0.5) is 5.13 Å². The van der Waals surface area contributed by atoms with E-state index in [4.69, 9.17) is 9.47 Å². The zero-order valence-electron chi connectivity index (χ0n) is 14.8. The standard InChI is InChI=1S/C16H20N4O5S2/c1-10(2)14(15(21)18-16-19-17-9-26-16)20-27(22,23)11-4-5-12-13(8-11)25-7-3-6-24-12/h4-5,8-10,14,20H,3,6-7H2,1-2H3,(H,18,19,21). The van der Waals surface area contributed by atoms with Gasteiger partial charge in [0.1, 0.15) is 11.6 Å². The van der Waals surface area contributed by atoms with Crippen molar-refractivity contribution in [3.05, 3.63) is 23.7 Å². The molecule has 1 atom stereocenters. The second-order valence-corrected chi connectivity index (χ2v) is 8.78. The number of ether oxygens (including phenoxy) is 2. The van der Waals surface area contributed by atoms with Crippen molar-refractivity contribution in [1.29, 1.82) is 0 Å². The number of nitrogens with one attached hydrogen (secondary N) is 2. The minimum atomic E-state index is -3.95. The van der Waals surface area contributed by atoms with Gasteiger partial charge < -0.3 is 9.47 Å². The van der Waals surface area contributed by atoms with E-state index < -0.39 is 22.0 Å². The first-order chi connectivity index (χ1) is 12.9. The van der Waals surface area contributed by atoms with Gasteiger partial charge in [-0.1, -0.05) is 25.2 Å². The molecule has 146 valence electrons. The molecule has 2 N–H and O–H groups in total. The van der Waals surface area contributed by atoms with Gasteiger partial charge in [-0.2, -0.15) is 4.72 Å². The van der Waals surface area contributed by atoms with Gasteiger partial charge in [0, 0.05) is 12.5 Å².